The van der Waals surface area contributed by atoms with Gasteiger partial charge in [0.1, 0.15) is 17.2 Å². The minimum Gasteiger partial charge on any atom is -0.497 e. The summed E-state index contributed by atoms with van der Waals surface area (Å²) in [4.78, 5) is 4.30. The lowest BCUT2D eigenvalue weighted by Gasteiger charge is -2.07. The van der Waals surface area contributed by atoms with Crippen LogP contribution in [0.15, 0.2) is 77.8 Å². The van der Waals surface area contributed by atoms with E-state index in [4.69, 9.17) is 9.47 Å². The van der Waals surface area contributed by atoms with Crippen molar-refractivity contribution in [2.24, 2.45) is 4.99 Å². The molecule has 0 aliphatic heterocycles. The van der Waals surface area contributed by atoms with E-state index in [1.165, 1.54) is 12.1 Å². The van der Waals surface area contributed by atoms with Gasteiger partial charge in [-0.15, -0.1) is 0 Å². The Balaban J connectivity index is 1.62. The molecule has 0 aromatic heterocycles. The Morgan fingerprint density at radius 1 is 0.857 bits per heavy atom. The number of hydrogen-bond acceptors (Lipinski definition) is 3. The maximum atomic E-state index is 12.6. The second-order valence-electron chi connectivity index (χ2n) is 6.01. The van der Waals surface area contributed by atoms with Gasteiger partial charge in [-0.05, 0) is 59.7 Å². The molecule has 0 spiro atoms. The Morgan fingerprint density at radius 3 is 2.18 bits per heavy atom. The highest BCUT2D eigenvalue weighted by molar-refractivity contribution is 5.80. The molecular weight excluding hydrogens is 367 g/mol. The third-order valence-corrected chi connectivity index (χ3v) is 3.95. The fourth-order valence-corrected chi connectivity index (χ4v) is 2.49. The van der Waals surface area contributed by atoms with E-state index in [9.17, 15) is 13.2 Å². The number of aliphatic imine (C=N–C) groups is 1. The molecule has 0 heterocycles. The molecule has 0 unspecified atom stereocenters. The fourth-order valence-electron chi connectivity index (χ4n) is 2.49. The molecule has 0 aliphatic rings. The standard InChI is InChI=1S/C22H18F3NO2/c1-27-19-9-11-20(12-10-19)28-21-4-2-3-17(13-21)15-26-14-16-5-7-18(8-6-16)22(23,24)25/h2-13,15H,14H2,1H3. The van der Waals surface area contributed by atoms with Crippen LogP contribution in [0.5, 0.6) is 17.2 Å². The number of rotatable bonds is 6. The molecule has 3 aromatic carbocycles. The van der Waals surface area contributed by atoms with Crippen molar-refractivity contribution in [2.45, 2.75) is 12.7 Å². The van der Waals surface area contributed by atoms with E-state index in [2.05, 4.69) is 4.99 Å². The van der Waals surface area contributed by atoms with Gasteiger partial charge >= 0.3 is 6.18 Å². The first-order valence-corrected chi connectivity index (χ1v) is 8.52. The van der Waals surface area contributed by atoms with Gasteiger partial charge in [-0.1, -0.05) is 24.3 Å². The molecule has 3 aromatic rings. The zero-order valence-electron chi connectivity index (χ0n) is 15.1. The minimum absolute atomic E-state index is 0.293. The Morgan fingerprint density at radius 2 is 1.54 bits per heavy atom. The molecule has 0 N–H and O–H groups in total. The summed E-state index contributed by atoms with van der Waals surface area (Å²) in [6.45, 7) is 0.293. The number of halogens is 3. The summed E-state index contributed by atoms with van der Waals surface area (Å²) in [6, 6.07) is 19.6. The average molecular weight is 385 g/mol. The summed E-state index contributed by atoms with van der Waals surface area (Å²) in [5.41, 5.74) is 0.872. The molecular formula is C22H18F3NO2. The van der Waals surface area contributed by atoms with Crippen molar-refractivity contribution in [2.75, 3.05) is 7.11 Å². The minimum atomic E-state index is -4.33. The number of methoxy groups -OCH3 is 1. The van der Waals surface area contributed by atoms with Crippen molar-refractivity contribution in [3.63, 3.8) is 0 Å². The lowest BCUT2D eigenvalue weighted by Crippen LogP contribution is -2.04. The molecule has 144 valence electrons. The second-order valence-corrected chi connectivity index (χ2v) is 6.01. The van der Waals surface area contributed by atoms with Gasteiger partial charge in [-0.25, -0.2) is 0 Å². The predicted molar refractivity (Wildman–Crippen MR) is 102 cm³/mol. The Hall–Kier alpha value is -3.28. The van der Waals surface area contributed by atoms with Crippen LogP contribution in [0.25, 0.3) is 0 Å². The van der Waals surface area contributed by atoms with Gasteiger partial charge in [0.25, 0.3) is 0 Å². The summed E-state index contributed by atoms with van der Waals surface area (Å²) in [5.74, 6) is 2.08. The summed E-state index contributed by atoms with van der Waals surface area (Å²) in [7, 11) is 1.60. The van der Waals surface area contributed by atoms with Crippen LogP contribution in [0.3, 0.4) is 0 Å². The smallest absolute Gasteiger partial charge is 0.416 e. The van der Waals surface area contributed by atoms with Gasteiger partial charge in [0.15, 0.2) is 0 Å². The molecule has 6 heteroatoms. The molecule has 0 radical (unpaired) electrons. The molecule has 0 fully saturated rings. The van der Waals surface area contributed by atoms with Crippen molar-refractivity contribution in [3.05, 3.63) is 89.5 Å². The van der Waals surface area contributed by atoms with Gasteiger partial charge in [0, 0.05) is 6.21 Å². The number of ether oxygens (including phenoxy) is 2. The molecule has 28 heavy (non-hydrogen) atoms. The first-order chi connectivity index (χ1) is 13.4. The highest BCUT2D eigenvalue weighted by atomic mass is 19.4. The molecule has 0 saturated heterocycles. The Bertz CT molecular complexity index is 933. The normalized spacial score (nSPS) is 11.6. The van der Waals surface area contributed by atoms with Crippen LogP contribution in [-0.2, 0) is 12.7 Å². The van der Waals surface area contributed by atoms with Crippen molar-refractivity contribution in [1.82, 2.24) is 0 Å². The summed E-state index contributed by atoms with van der Waals surface area (Å²) < 4.78 is 48.6. The van der Waals surface area contributed by atoms with Gasteiger partial charge < -0.3 is 9.47 Å². The van der Waals surface area contributed by atoms with E-state index in [-0.39, 0.29) is 0 Å². The SMILES string of the molecule is COc1ccc(Oc2cccc(C=NCc3ccc(C(F)(F)F)cc3)c2)cc1. The molecule has 3 rings (SSSR count). The van der Waals surface area contributed by atoms with Crippen molar-refractivity contribution in [3.8, 4) is 17.2 Å². The number of hydrogen-bond donors (Lipinski definition) is 0. The van der Waals surface area contributed by atoms with Crippen LogP contribution in [0.2, 0.25) is 0 Å². The van der Waals surface area contributed by atoms with Crippen LogP contribution in [0.4, 0.5) is 13.2 Å². The highest BCUT2D eigenvalue weighted by Gasteiger charge is 2.29. The molecule has 0 saturated carbocycles. The highest BCUT2D eigenvalue weighted by Crippen LogP contribution is 2.29. The molecule has 0 bridgehead atoms. The third-order valence-electron chi connectivity index (χ3n) is 3.95. The summed E-state index contributed by atoms with van der Waals surface area (Å²) >= 11 is 0. The zero-order valence-corrected chi connectivity index (χ0v) is 15.1. The van der Waals surface area contributed by atoms with Crippen LogP contribution in [-0.4, -0.2) is 13.3 Å². The van der Waals surface area contributed by atoms with E-state index in [0.29, 0.717) is 23.6 Å². The van der Waals surface area contributed by atoms with Gasteiger partial charge in [0.05, 0.1) is 19.2 Å². The predicted octanol–water partition coefficient (Wildman–Crippen LogP) is 6.13. The van der Waals surface area contributed by atoms with Crippen LogP contribution >= 0.6 is 0 Å². The fraction of sp³-hybridized carbons (Fsp3) is 0.136. The van der Waals surface area contributed by atoms with Crippen LogP contribution in [0, 0.1) is 0 Å². The van der Waals surface area contributed by atoms with Crippen LogP contribution in [0.1, 0.15) is 16.7 Å². The zero-order chi connectivity index (χ0) is 20.0. The number of benzene rings is 3. The van der Waals surface area contributed by atoms with E-state index in [1.54, 1.807) is 13.3 Å². The van der Waals surface area contributed by atoms with E-state index >= 15 is 0 Å². The lowest BCUT2D eigenvalue weighted by molar-refractivity contribution is -0.137. The van der Waals surface area contributed by atoms with Crippen LogP contribution < -0.4 is 9.47 Å². The topological polar surface area (TPSA) is 30.8 Å². The second kappa shape index (κ2) is 8.61. The summed E-state index contributed by atoms with van der Waals surface area (Å²) in [5, 5.41) is 0. The monoisotopic (exact) mass is 385 g/mol. The molecule has 0 atom stereocenters. The molecule has 3 nitrogen and oxygen atoms in total. The number of nitrogens with zero attached hydrogens (tertiary/aromatic N) is 1. The maximum absolute atomic E-state index is 12.6. The van der Waals surface area contributed by atoms with E-state index in [1.807, 2.05) is 48.5 Å². The average Bonchev–Trinajstić information content (AvgIpc) is 2.69. The quantitative estimate of drug-likeness (QED) is 0.478. The van der Waals surface area contributed by atoms with Crippen molar-refractivity contribution in [1.29, 1.82) is 0 Å². The van der Waals surface area contributed by atoms with Crippen molar-refractivity contribution >= 4 is 6.21 Å². The lowest BCUT2D eigenvalue weighted by atomic mass is 10.1. The molecule has 0 amide bonds. The maximum Gasteiger partial charge on any atom is 0.416 e. The van der Waals surface area contributed by atoms with E-state index in [0.717, 1.165) is 23.4 Å². The molecule has 0 aliphatic carbocycles. The van der Waals surface area contributed by atoms with Gasteiger partial charge in [-0.3, -0.25) is 4.99 Å². The Kier molecular flexibility index (Phi) is 5.99. The first-order valence-electron chi connectivity index (χ1n) is 8.52. The van der Waals surface area contributed by atoms with E-state index < -0.39 is 11.7 Å². The Labute approximate surface area is 161 Å². The third kappa shape index (κ3) is 5.36. The van der Waals surface area contributed by atoms with Crippen molar-refractivity contribution < 1.29 is 22.6 Å². The summed E-state index contributed by atoms with van der Waals surface area (Å²) in [6.07, 6.45) is -2.66. The first kappa shape index (κ1) is 19.5. The van der Waals surface area contributed by atoms with Gasteiger partial charge in [0.2, 0.25) is 0 Å². The number of alkyl halides is 3. The van der Waals surface area contributed by atoms with Gasteiger partial charge in [-0.2, -0.15) is 13.2 Å². The largest absolute Gasteiger partial charge is 0.497 e.